The molecule has 0 amide bonds. The van der Waals surface area contributed by atoms with Gasteiger partial charge in [0.2, 0.25) is 0 Å². The van der Waals surface area contributed by atoms with E-state index in [9.17, 15) is 5.11 Å². The molecule has 1 unspecified atom stereocenters. The van der Waals surface area contributed by atoms with Crippen LogP contribution in [0.25, 0.3) is 0 Å². The predicted octanol–water partition coefficient (Wildman–Crippen LogP) is 4.90. The second-order valence-corrected chi connectivity index (χ2v) is 5.74. The van der Waals surface area contributed by atoms with Gasteiger partial charge in [-0.3, -0.25) is 0 Å². The highest BCUT2D eigenvalue weighted by atomic mass is 79.9. The molecule has 19 heavy (non-hydrogen) atoms. The van der Waals surface area contributed by atoms with E-state index in [1.165, 1.54) is 0 Å². The smallest absolute Gasteiger partial charge is 0.0977 e. The molecular formula is C14H12BrCl2NO. The standard InChI is InChI=1S/C14H12BrCl2NO/c15-11-3-1-2-4-13(11)18-8-14(19)10-7-9(16)5-6-12(10)17/h1-7,14,18-19H,8H2. The zero-order chi connectivity index (χ0) is 13.8. The minimum absolute atomic E-state index is 0.350. The van der Waals surface area contributed by atoms with Gasteiger partial charge in [-0.1, -0.05) is 35.3 Å². The highest BCUT2D eigenvalue weighted by Crippen LogP contribution is 2.27. The van der Waals surface area contributed by atoms with Crippen LogP contribution in [0.1, 0.15) is 11.7 Å². The van der Waals surface area contributed by atoms with Crippen LogP contribution in [0.2, 0.25) is 10.0 Å². The maximum Gasteiger partial charge on any atom is 0.0977 e. The molecule has 0 saturated heterocycles. The van der Waals surface area contributed by atoms with Crippen LogP contribution in [0.3, 0.4) is 0 Å². The van der Waals surface area contributed by atoms with E-state index in [2.05, 4.69) is 21.2 Å². The number of rotatable bonds is 4. The van der Waals surface area contributed by atoms with E-state index in [0.29, 0.717) is 22.2 Å². The largest absolute Gasteiger partial charge is 0.387 e. The van der Waals surface area contributed by atoms with Crippen molar-refractivity contribution in [3.63, 3.8) is 0 Å². The van der Waals surface area contributed by atoms with Crippen molar-refractivity contribution < 1.29 is 5.11 Å². The third-order valence-corrected chi connectivity index (χ3v) is 3.95. The summed E-state index contributed by atoms with van der Waals surface area (Å²) in [6, 6.07) is 12.8. The van der Waals surface area contributed by atoms with E-state index in [1.807, 2.05) is 24.3 Å². The van der Waals surface area contributed by atoms with Gasteiger partial charge in [0.15, 0.2) is 0 Å². The molecule has 0 spiro atoms. The van der Waals surface area contributed by atoms with Gasteiger partial charge in [0.1, 0.15) is 0 Å². The molecule has 2 aromatic carbocycles. The fraction of sp³-hybridized carbons (Fsp3) is 0.143. The molecular weight excluding hydrogens is 349 g/mol. The predicted molar refractivity (Wildman–Crippen MR) is 84.1 cm³/mol. The number of benzene rings is 2. The SMILES string of the molecule is OC(CNc1ccccc1Br)c1cc(Cl)ccc1Cl. The van der Waals surface area contributed by atoms with Crippen LogP contribution in [-0.2, 0) is 0 Å². The fourth-order valence-electron chi connectivity index (χ4n) is 1.69. The Balaban J connectivity index is 2.07. The van der Waals surface area contributed by atoms with E-state index >= 15 is 0 Å². The summed E-state index contributed by atoms with van der Waals surface area (Å²) in [6.45, 7) is 0.350. The van der Waals surface area contributed by atoms with Gasteiger partial charge in [0, 0.05) is 32.3 Å². The lowest BCUT2D eigenvalue weighted by Gasteiger charge is -2.15. The van der Waals surface area contributed by atoms with Gasteiger partial charge in [0.05, 0.1) is 6.10 Å². The summed E-state index contributed by atoms with van der Waals surface area (Å²) < 4.78 is 0.944. The first-order chi connectivity index (χ1) is 9.08. The van der Waals surface area contributed by atoms with Crippen LogP contribution in [0.5, 0.6) is 0 Å². The Hall–Kier alpha value is -0.740. The summed E-state index contributed by atoms with van der Waals surface area (Å²) >= 11 is 15.4. The van der Waals surface area contributed by atoms with Gasteiger partial charge in [0.25, 0.3) is 0 Å². The lowest BCUT2D eigenvalue weighted by molar-refractivity contribution is 0.191. The Bertz CT molecular complexity index is 577. The van der Waals surface area contributed by atoms with Crippen molar-refractivity contribution in [2.24, 2.45) is 0 Å². The second kappa shape index (κ2) is 6.62. The molecule has 0 aromatic heterocycles. The Morgan fingerprint density at radius 1 is 1.16 bits per heavy atom. The monoisotopic (exact) mass is 359 g/mol. The summed E-state index contributed by atoms with van der Waals surface area (Å²) in [5.41, 5.74) is 1.54. The van der Waals surface area contributed by atoms with Crippen LogP contribution in [0, 0.1) is 0 Å². The van der Waals surface area contributed by atoms with Crippen molar-refractivity contribution in [1.29, 1.82) is 0 Å². The summed E-state index contributed by atoms with van der Waals surface area (Å²) in [5, 5.41) is 14.4. The molecule has 0 aliphatic heterocycles. The Morgan fingerprint density at radius 2 is 1.89 bits per heavy atom. The maximum atomic E-state index is 10.2. The minimum Gasteiger partial charge on any atom is -0.387 e. The first-order valence-electron chi connectivity index (χ1n) is 5.69. The van der Waals surface area contributed by atoms with Crippen molar-refractivity contribution in [2.75, 3.05) is 11.9 Å². The van der Waals surface area contributed by atoms with E-state index < -0.39 is 6.10 Å². The number of para-hydroxylation sites is 1. The van der Waals surface area contributed by atoms with E-state index in [4.69, 9.17) is 23.2 Å². The number of nitrogens with one attached hydrogen (secondary N) is 1. The number of aliphatic hydroxyl groups is 1. The summed E-state index contributed by atoms with van der Waals surface area (Å²) in [4.78, 5) is 0. The summed E-state index contributed by atoms with van der Waals surface area (Å²) in [7, 11) is 0. The van der Waals surface area contributed by atoms with Crippen molar-refractivity contribution >= 4 is 44.8 Å². The Labute approximate surface area is 130 Å². The lowest BCUT2D eigenvalue weighted by atomic mass is 10.1. The van der Waals surface area contributed by atoms with Crippen LogP contribution in [0.4, 0.5) is 5.69 Å². The number of hydrogen-bond donors (Lipinski definition) is 2. The van der Waals surface area contributed by atoms with Gasteiger partial charge in [-0.05, 0) is 46.3 Å². The number of halogens is 3. The zero-order valence-electron chi connectivity index (χ0n) is 9.91. The van der Waals surface area contributed by atoms with Gasteiger partial charge in [-0.15, -0.1) is 0 Å². The molecule has 2 aromatic rings. The summed E-state index contributed by atoms with van der Waals surface area (Å²) in [5.74, 6) is 0. The van der Waals surface area contributed by atoms with Crippen molar-refractivity contribution in [3.05, 3.63) is 62.5 Å². The average Bonchev–Trinajstić information content (AvgIpc) is 2.40. The van der Waals surface area contributed by atoms with Crippen LogP contribution < -0.4 is 5.32 Å². The molecule has 2 rings (SSSR count). The number of anilines is 1. The molecule has 0 saturated carbocycles. The highest BCUT2D eigenvalue weighted by Gasteiger charge is 2.12. The normalized spacial score (nSPS) is 12.2. The second-order valence-electron chi connectivity index (χ2n) is 4.04. The van der Waals surface area contributed by atoms with Crippen LogP contribution in [-0.4, -0.2) is 11.7 Å². The van der Waals surface area contributed by atoms with Gasteiger partial charge in [-0.25, -0.2) is 0 Å². The molecule has 0 aliphatic carbocycles. The van der Waals surface area contributed by atoms with Crippen molar-refractivity contribution in [3.8, 4) is 0 Å². The minimum atomic E-state index is -0.724. The quantitative estimate of drug-likeness (QED) is 0.812. The number of hydrogen-bond acceptors (Lipinski definition) is 2. The first kappa shape index (κ1) is 14.7. The van der Waals surface area contributed by atoms with Crippen molar-refractivity contribution in [1.82, 2.24) is 0 Å². The van der Waals surface area contributed by atoms with E-state index in [-0.39, 0.29) is 0 Å². The van der Waals surface area contributed by atoms with E-state index in [0.717, 1.165) is 10.2 Å². The third kappa shape index (κ3) is 3.86. The number of aliphatic hydroxyl groups excluding tert-OH is 1. The molecule has 2 N–H and O–H groups in total. The molecule has 0 radical (unpaired) electrons. The fourth-order valence-corrected chi connectivity index (χ4v) is 2.54. The average molecular weight is 361 g/mol. The first-order valence-corrected chi connectivity index (χ1v) is 7.24. The zero-order valence-corrected chi connectivity index (χ0v) is 13.0. The lowest BCUT2D eigenvalue weighted by Crippen LogP contribution is -2.12. The van der Waals surface area contributed by atoms with Gasteiger partial charge >= 0.3 is 0 Å². The van der Waals surface area contributed by atoms with Gasteiger partial charge < -0.3 is 10.4 Å². The molecule has 0 fully saturated rings. The molecule has 2 nitrogen and oxygen atoms in total. The van der Waals surface area contributed by atoms with Gasteiger partial charge in [-0.2, -0.15) is 0 Å². The Morgan fingerprint density at radius 3 is 2.63 bits per heavy atom. The molecule has 0 heterocycles. The highest BCUT2D eigenvalue weighted by molar-refractivity contribution is 9.10. The molecule has 100 valence electrons. The summed E-state index contributed by atoms with van der Waals surface area (Å²) in [6.07, 6.45) is -0.724. The third-order valence-electron chi connectivity index (χ3n) is 2.68. The molecule has 0 bridgehead atoms. The topological polar surface area (TPSA) is 32.3 Å². The molecule has 1 atom stereocenters. The molecule has 0 aliphatic rings. The maximum absolute atomic E-state index is 10.2. The van der Waals surface area contributed by atoms with E-state index in [1.54, 1.807) is 18.2 Å². The van der Waals surface area contributed by atoms with Crippen LogP contribution >= 0.6 is 39.1 Å². The van der Waals surface area contributed by atoms with Crippen LogP contribution in [0.15, 0.2) is 46.9 Å². The Kier molecular flexibility index (Phi) is 5.11. The van der Waals surface area contributed by atoms with Crippen molar-refractivity contribution in [2.45, 2.75) is 6.10 Å². The molecule has 5 heteroatoms.